The minimum atomic E-state index is -0.875. The van der Waals surface area contributed by atoms with Crippen molar-refractivity contribution in [3.8, 4) is 0 Å². The van der Waals surface area contributed by atoms with Crippen LogP contribution in [0, 0.1) is 0 Å². The van der Waals surface area contributed by atoms with Crippen molar-refractivity contribution in [2.24, 2.45) is 5.84 Å². The van der Waals surface area contributed by atoms with Gasteiger partial charge >= 0.3 is 0 Å². The van der Waals surface area contributed by atoms with E-state index in [4.69, 9.17) is 11.6 Å². The van der Waals surface area contributed by atoms with Gasteiger partial charge in [0.2, 0.25) is 0 Å². The van der Waals surface area contributed by atoms with Gasteiger partial charge in [0.05, 0.1) is 0 Å². The number of hydrogen-bond donors (Lipinski definition) is 4. The number of allylic oxidation sites excluding steroid dienone is 2. The molecule has 226 valence electrons. The summed E-state index contributed by atoms with van der Waals surface area (Å²) in [5.74, 6) is 6.38. The molecule has 1 atom stereocenters. The van der Waals surface area contributed by atoms with Crippen LogP contribution in [-0.2, 0) is 18.6 Å². The fourth-order valence-electron chi connectivity index (χ4n) is 5.50. The fraction of sp³-hybridized carbons (Fsp3) is 0.122. The quantitative estimate of drug-likeness (QED) is 0.0446. The van der Waals surface area contributed by atoms with Crippen LogP contribution in [0.3, 0.4) is 0 Å². The van der Waals surface area contributed by atoms with Crippen LogP contribution in [-0.4, -0.2) is 0 Å². The predicted octanol–water partition coefficient (Wildman–Crippen LogP) is 8.87. The molecule has 0 radical (unpaired) electrons. The lowest BCUT2D eigenvalue weighted by molar-refractivity contribution is 0.321. The van der Waals surface area contributed by atoms with Gasteiger partial charge in [0.25, 0.3) is 0 Å². The Hall–Kier alpha value is -5.00. The number of hydrazine groups is 1. The summed E-state index contributed by atoms with van der Waals surface area (Å²) in [6.45, 7) is 8.66. The van der Waals surface area contributed by atoms with E-state index in [9.17, 15) is 0 Å². The molecule has 0 aliphatic rings. The lowest BCUT2D eigenvalue weighted by Gasteiger charge is -2.36. The first kappa shape index (κ1) is 31.4. The lowest BCUT2D eigenvalue weighted by Crippen LogP contribution is -2.57. The third-order valence-corrected chi connectivity index (χ3v) is 8.09. The molecular weight excluding hydrogens is 548 g/mol. The zero-order chi connectivity index (χ0) is 31.6. The third-order valence-electron chi connectivity index (χ3n) is 8.09. The standard InChI is InChI=1S/C33H32N4.C8H10/c1-23(2)11-13-27-16-18-31(21-32(27)34)33(37-35,30-17-15-26-8-4-6-10-29(26)20-30)36-22-24-12-14-25-7-3-5-9-28(25)19-24;1-2-8-6-4-3-5-7-8/h3-21,36-37H,1,22,34-35H2,2H3;3-7H,2H2,1H3/b13-11-;. The molecule has 0 aliphatic carbocycles. The molecule has 4 nitrogen and oxygen atoms in total. The summed E-state index contributed by atoms with van der Waals surface area (Å²) in [6, 6.07) is 46.2. The Morgan fingerprint density at radius 2 is 1.27 bits per heavy atom. The topological polar surface area (TPSA) is 76.1 Å². The van der Waals surface area contributed by atoms with Crippen LogP contribution in [0.2, 0.25) is 0 Å². The minimum absolute atomic E-state index is 0.596. The Bertz CT molecular complexity index is 1930. The zero-order valence-electron chi connectivity index (χ0n) is 26.1. The first-order valence-corrected chi connectivity index (χ1v) is 15.4. The van der Waals surface area contributed by atoms with Crippen LogP contribution >= 0.6 is 0 Å². The molecule has 6 aromatic rings. The van der Waals surface area contributed by atoms with Crippen LogP contribution in [0.1, 0.15) is 41.7 Å². The molecule has 1 unspecified atom stereocenters. The Labute approximate surface area is 267 Å². The van der Waals surface area contributed by atoms with E-state index >= 15 is 0 Å². The number of nitrogens with one attached hydrogen (secondary N) is 2. The number of benzene rings is 6. The fourth-order valence-corrected chi connectivity index (χ4v) is 5.50. The molecule has 6 rings (SSSR count). The van der Waals surface area contributed by atoms with Crippen LogP contribution in [0.5, 0.6) is 0 Å². The van der Waals surface area contributed by atoms with Crippen LogP contribution in [0.4, 0.5) is 5.69 Å². The van der Waals surface area contributed by atoms with Gasteiger partial charge in [-0.1, -0.05) is 146 Å². The summed E-state index contributed by atoms with van der Waals surface area (Å²) < 4.78 is 0. The van der Waals surface area contributed by atoms with Crippen molar-refractivity contribution in [2.75, 3.05) is 5.73 Å². The summed E-state index contributed by atoms with van der Waals surface area (Å²) in [4.78, 5) is 0. The van der Waals surface area contributed by atoms with Crippen molar-refractivity contribution >= 4 is 33.3 Å². The third kappa shape index (κ3) is 7.57. The van der Waals surface area contributed by atoms with Gasteiger partial charge in [-0.25, -0.2) is 5.43 Å². The maximum absolute atomic E-state index is 6.52. The molecule has 45 heavy (non-hydrogen) atoms. The Kier molecular flexibility index (Phi) is 10.2. The highest BCUT2D eigenvalue weighted by atomic mass is 15.4. The van der Waals surface area contributed by atoms with Gasteiger partial charge < -0.3 is 5.73 Å². The minimum Gasteiger partial charge on any atom is -0.398 e. The number of nitrogen functional groups attached to an aromatic ring is 1. The summed E-state index contributed by atoms with van der Waals surface area (Å²) in [5.41, 5.74) is 15.8. The number of rotatable bonds is 9. The normalized spacial score (nSPS) is 12.5. The molecule has 0 heterocycles. The SMILES string of the molecule is C=C(C)/C=C\c1ccc(C(NN)(NCc2ccc3ccccc3c2)c2ccc3ccccc3c2)cc1N.CCc1ccccc1. The van der Waals surface area contributed by atoms with Gasteiger partial charge in [-0.15, -0.1) is 0 Å². The molecule has 6 aromatic carbocycles. The lowest BCUT2D eigenvalue weighted by atomic mass is 9.88. The molecule has 0 aliphatic heterocycles. The number of fused-ring (bicyclic) bond motifs is 2. The van der Waals surface area contributed by atoms with E-state index in [0.29, 0.717) is 12.2 Å². The van der Waals surface area contributed by atoms with E-state index in [1.54, 1.807) is 0 Å². The highest BCUT2D eigenvalue weighted by molar-refractivity contribution is 5.84. The van der Waals surface area contributed by atoms with Gasteiger partial charge in [-0.05, 0) is 80.9 Å². The van der Waals surface area contributed by atoms with Crippen molar-refractivity contribution in [1.29, 1.82) is 0 Å². The van der Waals surface area contributed by atoms with Gasteiger partial charge in [-0.2, -0.15) is 0 Å². The van der Waals surface area contributed by atoms with E-state index < -0.39 is 5.66 Å². The predicted molar refractivity (Wildman–Crippen MR) is 193 cm³/mol. The van der Waals surface area contributed by atoms with Gasteiger partial charge in [0, 0.05) is 12.2 Å². The molecular formula is C41H42N4. The Morgan fingerprint density at radius 3 is 1.87 bits per heavy atom. The molecule has 6 N–H and O–H groups in total. The van der Waals surface area contributed by atoms with E-state index in [2.05, 4.69) is 127 Å². The molecule has 0 saturated carbocycles. The average Bonchev–Trinajstić information content (AvgIpc) is 3.08. The zero-order valence-corrected chi connectivity index (χ0v) is 26.1. The second kappa shape index (κ2) is 14.7. The summed E-state index contributed by atoms with van der Waals surface area (Å²) in [6.07, 6.45) is 5.08. The Morgan fingerprint density at radius 1 is 0.689 bits per heavy atom. The van der Waals surface area contributed by atoms with Crippen molar-refractivity contribution in [1.82, 2.24) is 10.7 Å². The maximum Gasteiger partial charge on any atom is 0.134 e. The van der Waals surface area contributed by atoms with Crippen molar-refractivity contribution < 1.29 is 0 Å². The second-order valence-corrected chi connectivity index (χ2v) is 11.4. The number of anilines is 1. The van der Waals surface area contributed by atoms with Gasteiger partial charge in [-0.3, -0.25) is 11.2 Å². The number of nitrogens with two attached hydrogens (primary N) is 2. The molecule has 0 fully saturated rings. The first-order chi connectivity index (χ1) is 21.9. The van der Waals surface area contributed by atoms with E-state index in [1.165, 1.54) is 21.7 Å². The highest BCUT2D eigenvalue weighted by Gasteiger charge is 2.33. The molecule has 0 saturated heterocycles. The van der Waals surface area contributed by atoms with Crippen LogP contribution in [0.15, 0.2) is 152 Å². The molecule has 0 amide bonds. The number of aryl methyl sites for hydroxylation is 1. The van der Waals surface area contributed by atoms with Gasteiger partial charge in [0.1, 0.15) is 5.66 Å². The highest BCUT2D eigenvalue weighted by Crippen LogP contribution is 2.32. The monoisotopic (exact) mass is 590 g/mol. The summed E-state index contributed by atoms with van der Waals surface area (Å²) >= 11 is 0. The van der Waals surface area contributed by atoms with Crippen molar-refractivity contribution in [3.05, 3.63) is 180 Å². The summed E-state index contributed by atoms with van der Waals surface area (Å²) in [5, 5.41) is 8.47. The number of hydrogen-bond acceptors (Lipinski definition) is 4. The van der Waals surface area contributed by atoms with Crippen LogP contribution in [0.25, 0.3) is 27.6 Å². The first-order valence-electron chi connectivity index (χ1n) is 15.4. The average molecular weight is 591 g/mol. The largest absolute Gasteiger partial charge is 0.398 e. The van der Waals surface area contributed by atoms with Crippen LogP contribution < -0.4 is 22.3 Å². The summed E-state index contributed by atoms with van der Waals surface area (Å²) in [7, 11) is 0. The molecule has 0 bridgehead atoms. The van der Waals surface area contributed by atoms with Crippen molar-refractivity contribution in [3.63, 3.8) is 0 Å². The maximum atomic E-state index is 6.52. The van der Waals surface area contributed by atoms with Gasteiger partial charge in [0.15, 0.2) is 0 Å². The Balaban J connectivity index is 0.000000436. The molecule has 0 spiro atoms. The molecule has 4 heteroatoms. The molecule has 0 aromatic heterocycles. The van der Waals surface area contributed by atoms with E-state index in [0.717, 1.165) is 39.6 Å². The van der Waals surface area contributed by atoms with E-state index in [-0.39, 0.29) is 0 Å². The van der Waals surface area contributed by atoms with Crippen molar-refractivity contribution in [2.45, 2.75) is 32.5 Å². The van der Waals surface area contributed by atoms with E-state index in [1.807, 2.05) is 49.4 Å². The smallest absolute Gasteiger partial charge is 0.134 e. The second-order valence-electron chi connectivity index (χ2n) is 11.4.